The van der Waals surface area contributed by atoms with Crippen LogP contribution in [0.2, 0.25) is 0 Å². The van der Waals surface area contributed by atoms with Gasteiger partial charge in [0.05, 0.1) is 26.2 Å². The number of aromatic amines is 3. The molecule has 176 valence electrons. The summed E-state index contributed by atoms with van der Waals surface area (Å²) >= 11 is 9.26. The highest BCUT2D eigenvalue weighted by Crippen LogP contribution is 2.36. The highest BCUT2D eigenvalue weighted by Gasteiger charge is 2.17. The molecule has 0 bridgehead atoms. The third-order valence-electron chi connectivity index (χ3n) is 5.76. The molecule has 11 heteroatoms. The highest BCUT2D eigenvalue weighted by molar-refractivity contribution is 7.80. The second-order valence-electron chi connectivity index (χ2n) is 7.78. The van der Waals surface area contributed by atoms with E-state index in [2.05, 4.69) is 73.3 Å². The van der Waals surface area contributed by atoms with E-state index < -0.39 is 0 Å². The smallest absolute Gasteiger partial charge is 0.232 e. The summed E-state index contributed by atoms with van der Waals surface area (Å²) in [7, 11) is 0. The number of hydrogen-bond acceptors (Lipinski definition) is 8. The molecule has 0 aliphatic carbocycles. The molecule has 6 rings (SSSR count). The molecule has 0 saturated heterocycles. The maximum Gasteiger partial charge on any atom is 0.232 e. The van der Waals surface area contributed by atoms with E-state index in [4.69, 9.17) is 9.73 Å². The van der Waals surface area contributed by atoms with Crippen LogP contribution in [0.4, 0.5) is 5.82 Å². The van der Waals surface area contributed by atoms with E-state index in [1.54, 1.807) is 36.9 Å². The Kier molecular flexibility index (Phi) is 5.35. The van der Waals surface area contributed by atoms with E-state index in [9.17, 15) is 0 Å². The van der Waals surface area contributed by atoms with Crippen molar-refractivity contribution in [2.24, 2.45) is 4.99 Å². The van der Waals surface area contributed by atoms with Gasteiger partial charge >= 0.3 is 0 Å². The fraction of sp³-hybridized carbons (Fsp3) is 0. The Morgan fingerprint density at radius 2 is 1.50 bits per heavy atom. The number of ether oxygens (including phenoxy) is 1. The van der Waals surface area contributed by atoms with Gasteiger partial charge in [-0.05, 0) is 12.1 Å². The zero-order chi connectivity index (χ0) is 24.8. The van der Waals surface area contributed by atoms with Crippen molar-refractivity contribution in [2.75, 3.05) is 0 Å². The topological polar surface area (TPSA) is 121 Å². The van der Waals surface area contributed by atoms with Gasteiger partial charge in [-0.3, -0.25) is 9.97 Å². The highest BCUT2D eigenvalue weighted by atomic mass is 32.1. The van der Waals surface area contributed by atoms with Crippen molar-refractivity contribution in [3.63, 3.8) is 0 Å². The number of rotatable bonds is 5. The minimum Gasteiger partial charge on any atom is -0.421 e. The first kappa shape index (κ1) is 22.1. The molecule has 36 heavy (non-hydrogen) atoms. The second kappa shape index (κ2) is 8.70. The molecule has 3 N–H and O–H groups in total. The van der Waals surface area contributed by atoms with Gasteiger partial charge in [0, 0.05) is 41.3 Å². The lowest BCUT2D eigenvalue weighted by Crippen LogP contribution is -2.03. The summed E-state index contributed by atoms with van der Waals surface area (Å²) in [6.07, 6.45) is 11.9. The first-order chi connectivity index (χ1) is 17.6. The first-order valence-corrected chi connectivity index (χ1v) is 11.7. The second-order valence-corrected chi connectivity index (χ2v) is 8.67. The van der Waals surface area contributed by atoms with Gasteiger partial charge in [0.15, 0.2) is 5.49 Å². The molecule has 0 aliphatic rings. The van der Waals surface area contributed by atoms with Crippen LogP contribution in [0.15, 0.2) is 71.2 Å². The number of hydrogen-bond donors (Lipinski definition) is 5. The van der Waals surface area contributed by atoms with Crippen molar-refractivity contribution < 1.29 is 4.74 Å². The molecule has 0 aromatic carbocycles. The van der Waals surface area contributed by atoms with Crippen molar-refractivity contribution in [2.45, 2.75) is 9.79 Å². The molecular weight excluding hydrogens is 492 g/mol. The summed E-state index contributed by atoms with van der Waals surface area (Å²) in [5, 5.41) is 1.38. The van der Waals surface area contributed by atoms with Gasteiger partial charge in [-0.2, -0.15) is 0 Å². The Hall–Kier alpha value is -4.35. The van der Waals surface area contributed by atoms with Crippen molar-refractivity contribution in [1.82, 2.24) is 34.9 Å². The van der Waals surface area contributed by atoms with E-state index in [0.717, 1.165) is 22.2 Å². The molecular formula is C25H18N8OS2. The van der Waals surface area contributed by atoms with Crippen LogP contribution in [-0.2, 0) is 0 Å². The van der Waals surface area contributed by atoms with E-state index >= 15 is 0 Å². The molecule has 0 fully saturated rings. The predicted octanol–water partition coefficient (Wildman–Crippen LogP) is 5.60. The Morgan fingerprint density at radius 1 is 0.833 bits per heavy atom. The molecule has 6 heterocycles. The minimum absolute atomic E-state index is 0.320. The largest absolute Gasteiger partial charge is 0.421 e. The van der Waals surface area contributed by atoms with Crippen LogP contribution in [0.25, 0.3) is 45.0 Å². The Morgan fingerprint density at radius 3 is 2.22 bits per heavy atom. The number of aromatic nitrogens is 7. The monoisotopic (exact) mass is 510 g/mol. The third kappa shape index (κ3) is 3.48. The van der Waals surface area contributed by atoms with Crippen molar-refractivity contribution >= 4 is 76.1 Å². The summed E-state index contributed by atoms with van der Waals surface area (Å²) in [6, 6.07) is 3.73. The predicted molar refractivity (Wildman–Crippen MR) is 146 cm³/mol. The van der Waals surface area contributed by atoms with E-state index in [1.165, 1.54) is 6.33 Å². The van der Waals surface area contributed by atoms with E-state index in [1.807, 2.05) is 12.1 Å². The van der Waals surface area contributed by atoms with Crippen LogP contribution < -0.4 is 10.2 Å². The molecule has 6 aromatic rings. The van der Waals surface area contributed by atoms with Crippen LogP contribution in [-0.4, -0.2) is 34.9 Å². The Balaban J connectivity index is 1.50. The summed E-state index contributed by atoms with van der Waals surface area (Å²) in [4.78, 5) is 33.2. The number of thiol groups is 2. The zero-order valence-electron chi connectivity index (χ0n) is 18.6. The summed E-state index contributed by atoms with van der Waals surface area (Å²) in [5.41, 5.74) is 5.18. The minimum atomic E-state index is 0.320. The Labute approximate surface area is 215 Å². The first-order valence-electron chi connectivity index (χ1n) is 10.8. The van der Waals surface area contributed by atoms with Gasteiger partial charge in [-0.15, -0.1) is 25.3 Å². The third-order valence-corrected chi connectivity index (χ3v) is 6.60. The van der Waals surface area contributed by atoms with Crippen LogP contribution in [0.5, 0.6) is 11.8 Å². The molecule has 0 atom stereocenters. The zero-order valence-corrected chi connectivity index (χ0v) is 20.4. The fourth-order valence-corrected chi connectivity index (χ4v) is 4.56. The maximum atomic E-state index is 6.17. The van der Waals surface area contributed by atoms with Gasteiger partial charge in [0.1, 0.15) is 23.2 Å². The number of nitrogens with zero attached hydrogens (tertiary/aromatic N) is 5. The molecule has 6 aromatic heterocycles. The van der Waals surface area contributed by atoms with E-state index in [-0.39, 0.29) is 0 Å². The van der Waals surface area contributed by atoms with Crippen LogP contribution in [0, 0.1) is 0 Å². The average Bonchev–Trinajstić information content (AvgIpc) is 3.56. The molecule has 0 radical (unpaired) electrons. The number of H-pyrrole nitrogens is 3. The molecule has 0 unspecified atom stereocenters. The van der Waals surface area contributed by atoms with Crippen molar-refractivity contribution in [3.8, 4) is 11.8 Å². The van der Waals surface area contributed by atoms with Crippen LogP contribution in [0.1, 0.15) is 11.1 Å². The molecule has 0 aliphatic heterocycles. The van der Waals surface area contributed by atoms with Gasteiger partial charge in [0.25, 0.3) is 0 Å². The van der Waals surface area contributed by atoms with E-state index in [0.29, 0.717) is 54.7 Å². The maximum absolute atomic E-state index is 6.17. The van der Waals surface area contributed by atoms with Crippen LogP contribution >= 0.6 is 25.3 Å². The fourth-order valence-electron chi connectivity index (χ4n) is 4.01. The molecule has 9 nitrogen and oxygen atoms in total. The molecule has 0 saturated carbocycles. The molecule has 0 spiro atoms. The van der Waals surface area contributed by atoms with Crippen molar-refractivity contribution in [3.05, 3.63) is 73.0 Å². The number of nitrogens with one attached hydrogen (secondary N) is 3. The summed E-state index contributed by atoms with van der Waals surface area (Å²) in [5.74, 6) is 1.25. The summed E-state index contributed by atoms with van der Waals surface area (Å²) in [6.45, 7) is 7.72. The number of pyridine rings is 2. The Bertz CT molecular complexity index is 1900. The number of fused-ring (bicyclic) bond motifs is 3. The summed E-state index contributed by atoms with van der Waals surface area (Å²) < 4.78 is 6.17. The molecule has 0 amide bonds. The van der Waals surface area contributed by atoms with Gasteiger partial charge in [-0.25, -0.2) is 15.0 Å². The van der Waals surface area contributed by atoms with Gasteiger partial charge in [-0.1, -0.05) is 25.3 Å². The SMILES string of the molecule is C=Cc1ccnc2c(S)c(/N=c3\ncnc(Oc4[nH]c5c(C=C)ccnc5c4S)c4c[nH]cc34)[nH]c12. The van der Waals surface area contributed by atoms with Crippen molar-refractivity contribution in [1.29, 1.82) is 0 Å². The van der Waals surface area contributed by atoms with Crippen LogP contribution in [0.3, 0.4) is 0 Å². The lowest BCUT2D eigenvalue weighted by atomic mass is 10.2. The standard InChI is InChI=1S/C25H18N8OS2/c1-3-12-5-7-27-18-16(12)31-23(20(18)35)33-22-14-9-26-10-15(14)24(30-11-29-22)34-25-21(36)19-17(32-25)13(4-2)6-8-28-19/h3-11,26,31-32,35-36H,1-2H2/b33-22-. The average molecular weight is 511 g/mol. The quantitative estimate of drug-likeness (QED) is 0.193. The lowest BCUT2D eigenvalue weighted by molar-refractivity contribution is 0.445. The normalized spacial score (nSPS) is 12.0. The van der Waals surface area contributed by atoms with Gasteiger partial charge < -0.3 is 19.7 Å². The van der Waals surface area contributed by atoms with Gasteiger partial charge in [0.2, 0.25) is 11.8 Å². The lowest BCUT2D eigenvalue weighted by Gasteiger charge is -2.01.